The van der Waals surface area contributed by atoms with E-state index in [1.165, 1.54) is 11.1 Å². The third-order valence-electron chi connectivity index (χ3n) is 4.76. The normalized spacial score (nSPS) is 10.7. The van der Waals surface area contributed by atoms with Gasteiger partial charge in [-0.2, -0.15) is 0 Å². The van der Waals surface area contributed by atoms with Crippen LogP contribution in [0.2, 0.25) is 0 Å². The second-order valence-electron chi connectivity index (χ2n) is 6.49. The summed E-state index contributed by atoms with van der Waals surface area (Å²) in [5.41, 5.74) is 2.55. The number of hydrogen-bond donors (Lipinski definition) is 0. The zero-order chi connectivity index (χ0) is 20.4. The first-order valence-electron chi connectivity index (χ1n) is 9.62. The summed E-state index contributed by atoms with van der Waals surface area (Å²) in [6.45, 7) is 0. The molecule has 0 saturated heterocycles. The minimum absolute atomic E-state index is 1.12. The minimum Gasteiger partial charge on any atom is -0.391 e. The van der Waals surface area contributed by atoms with Gasteiger partial charge in [0.1, 0.15) is 0 Å². The first-order chi connectivity index (χ1) is 14.3. The molecule has 29 heavy (non-hydrogen) atoms. The quantitative estimate of drug-likeness (QED) is 0.446. The molecule has 0 radical (unpaired) electrons. The van der Waals surface area contributed by atoms with E-state index >= 15 is 0 Å². The van der Waals surface area contributed by atoms with Crippen LogP contribution in [0.15, 0.2) is 121 Å². The van der Waals surface area contributed by atoms with E-state index in [1.807, 2.05) is 48.5 Å². The third kappa shape index (κ3) is 5.09. The molecule has 4 aromatic carbocycles. The van der Waals surface area contributed by atoms with Crippen molar-refractivity contribution in [2.45, 2.75) is 0 Å². The Labute approximate surface area is 174 Å². The van der Waals surface area contributed by atoms with Gasteiger partial charge in [-0.05, 0) is 21.5 Å². The SMILES string of the molecule is CO[Si](OC)(c1ccccc1)c1ccccc1.c1ccc(-c2ccccc2)cc1. The van der Waals surface area contributed by atoms with Gasteiger partial charge in [0.05, 0.1) is 0 Å². The van der Waals surface area contributed by atoms with Crippen molar-refractivity contribution < 1.29 is 8.85 Å². The molecular weight excluding hydrogens is 372 g/mol. The maximum absolute atomic E-state index is 5.78. The highest BCUT2D eigenvalue weighted by molar-refractivity contribution is 6.92. The molecule has 0 aliphatic carbocycles. The van der Waals surface area contributed by atoms with Crippen LogP contribution in [0.25, 0.3) is 11.1 Å². The second kappa shape index (κ2) is 10.5. The molecule has 0 aliphatic heterocycles. The topological polar surface area (TPSA) is 18.5 Å². The van der Waals surface area contributed by atoms with Crippen LogP contribution in [0, 0.1) is 0 Å². The predicted molar refractivity (Wildman–Crippen MR) is 124 cm³/mol. The van der Waals surface area contributed by atoms with E-state index in [1.54, 1.807) is 14.2 Å². The average molecular weight is 399 g/mol. The lowest BCUT2D eigenvalue weighted by Gasteiger charge is -2.27. The van der Waals surface area contributed by atoms with E-state index in [4.69, 9.17) is 8.85 Å². The molecule has 0 saturated carbocycles. The summed E-state index contributed by atoms with van der Waals surface area (Å²) in [6.07, 6.45) is 0. The minimum atomic E-state index is -2.50. The van der Waals surface area contributed by atoms with E-state index in [0.29, 0.717) is 0 Å². The Balaban J connectivity index is 0.000000176. The monoisotopic (exact) mass is 398 g/mol. The smallest absolute Gasteiger partial charge is 0.391 e. The van der Waals surface area contributed by atoms with E-state index in [2.05, 4.69) is 72.8 Å². The van der Waals surface area contributed by atoms with Gasteiger partial charge in [-0.3, -0.25) is 0 Å². The van der Waals surface area contributed by atoms with Crippen LogP contribution in [-0.4, -0.2) is 22.8 Å². The van der Waals surface area contributed by atoms with Gasteiger partial charge in [0, 0.05) is 14.2 Å². The van der Waals surface area contributed by atoms with Crippen LogP contribution in [0.3, 0.4) is 0 Å². The lowest BCUT2D eigenvalue weighted by molar-refractivity contribution is 0.272. The lowest BCUT2D eigenvalue weighted by Crippen LogP contribution is -2.62. The van der Waals surface area contributed by atoms with Gasteiger partial charge in [0.2, 0.25) is 0 Å². The molecule has 2 nitrogen and oxygen atoms in total. The summed E-state index contributed by atoms with van der Waals surface area (Å²) in [5, 5.41) is 2.24. The first-order valence-corrected chi connectivity index (χ1v) is 11.4. The van der Waals surface area contributed by atoms with Gasteiger partial charge < -0.3 is 8.85 Å². The molecule has 0 aromatic heterocycles. The summed E-state index contributed by atoms with van der Waals surface area (Å²) >= 11 is 0. The summed E-state index contributed by atoms with van der Waals surface area (Å²) < 4.78 is 11.6. The maximum atomic E-state index is 5.78. The molecule has 0 atom stereocenters. The van der Waals surface area contributed by atoms with Crippen molar-refractivity contribution in [3.8, 4) is 11.1 Å². The number of rotatable bonds is 5. The lowest BCUT2D eigenvalue weighted by atomic mass is 10.1. The van der Waals surface area contributed by atoms with Gasteiger partial charge in [-0.1, -0.05) is 121 Å². The highest BCUT2D eigenvalue weighted by atomic mass is 28.4. The largest absolute Gasteiger partial charge is 0.406 e. The molecular formula is C26H26O2Si. The van der Waals surface area contributed by atoms with Gasteiger partial charge in [0.25, 0.3) is 0 Å². The Morgan fingerprint density at radius 3 is 0.966 bits per heavy atom. The Bertz CT molecular complexity index is 875. The van der Waals surface area contributed by atoms with Gasteiger partial charge in [-0.25, -0.2) is 0 Å². The molecule has 0 aliphatic rings. The van der Waals surface area contributed by atoms with Crippen molar-refractivity contribution in [2.75, 3.05) is 14.2 Å². The van der Waals surface area contributed by atoms with Crippen molar-refractivity contribution in [1.29, 1.82) is 0 Å². The molecule has 0 N–H and O–H groups in total. The third-order valence-corrected chi connectivity index (χ3v) is 8.10. The summed E-state index contributed by atoms with van der Waals surface area (Å²) in [6, 6.07) is 41.1. The Morgan fingerprint density at radius 1 is 0.414 bits per heavy atom. The van der Waals surface area contributed by atoms with E-state index < -0.39 is 8.56 Å². The molecule has 0 spiro atoms. The zero-order valence-corrected chi connectivity index (χ0v) is 17.9. The zero-order valence-electron chi connectivity index (χ0n) is 16.9. The molecule has 0 bridgehead atoms. The summed E-state index contributed by atoms with van der Waals surface area (Å²) in [4.78, 5) is 0. The second-order valence-corrected chi connectivity index (χ2v) is 9.69. The summed E-state index contributed by atoms with van der Waals surface area (Å²) in [5.74, 6) is 0. The first kappa shape index (κ1) is 20.7. The van der Waals surface area contributed by atoms with Gasteiger partial charge >= 0.3 is 8.56 Å². The van der Waals surface area contributed by atoms with E-state index in [9.17, 15) is 0 Å². The maximum Gasteiger partial charge on any atom is 0.406 e. The van der Waals surface area contributed by atoms with Crippen LogP contribution in [0.4, 0.5) is 0 Å². The van der Waals surface area contributed by atoms with Crippen LogP contribution < -0.4 is 10.4 Å². The molecule has 0 fully saturated rings. The van der Waals surface area contributed by atoms with Crippen molar-refractivity contribution in [3.05, 3.63) is 121 Å². The molecule has 4 aromatic rings. The van der Waals surface area contributed by atoms with Crippen molar-refractivity contribution in [2.24, 2.45) is 0 Å². The van der Waals surface area contributed by atoms with Crippen LogP contribution in [-0.2, 0) is 8.85 Å². The van der Waals surface area contributed by atoms with E-state index in [-0.39, 0.29) is 0 Å². The molecule has 0 heterocycles. The predicted octanol–water partition coefficient (Wildman–Crippen LogP) is 4.89. The van der Waals surface area contributed by atoms with Gasteiger partial charge in [0.15, 0.2) is 0 Å². The van der Waals surface area contributed by atoms with Gasteiger partial charge in [-0.15, -0.1) is 0 Å². The Kier molecular flexibility index (Phi) is 7.53. The fourth-order valence-electron chi connectivity index (χ4n) is 3.30. The molecule has 146 valence electrons. The van der Waals surface area contributed by atoms with E-state index in [0.717, 1.165) is 10.4 Å². The average Bonchev–Trinajstić information content (AvgIpc) is 2.83. The fourth-order valence-corrected chi connectivity index (χ4v) is 6.00. The van der Waals surface area contributed by atoms with Crippen LogP contribution in [0.1, 0.15) is 0 Å². The van der Waals surface area contributed by atoms with Crippen LogP contribution in [0.5, 0.6) is 0 Å². The Hall–Kier alpha value is -2.98. The fraction of sp³-hybridized carbons (Fsp3) is 0.0769. The van der Waals surface area contributed by atoms with Crippen LogP contribution >= 0.6 is 0 Å². The van der Waals surface area contributed by atoms with Crippen molar-refractivity contribution in [3.63, 3.8) is 0 Å². The Morgan fingerprint density at radius 2 is 0.690 bits per heavy atom. The number of hydrogen-bond acceptors (Lipinski definition) is 2. The standard InChI is InChI=1S/C14H16O2Si.C12H10/c1-15-17(16-2,13-9-5-3-6-10-13)14-11-7-4-8-12-14;1-3-7-11(8-4-1)12-9-5-2-6-10-12/h3-12H,1-2H3;1-10H. The molecule has 0 amide bonds. The number of benzene rings is 4. The van der Waals surface area contributed by atoms with Crippen molar-refractivity contribution in [1.82, 2.24) is 0 Å². The highest BCUT2D eigenvalue weighted by Crippen LogP contribution is 2.17. The highest BCUT2D eigenvalue weighted by Gasteiger charge is 2.40. The molecule has 3 heteroatoms. The van der Waals surface area contributed by atoms with Crippen molar-refractivity contribution >= 4 is 18.9 Å². The molecule has 0 unspecified atom stereocenters. The molecule has 4 rings (SSSR count). The summed E-state index contributed by atoms with van der Waals surface area (Å²) in [7, 11) is 0.940.